The maximum atomic E-state index is 12.1. The number of hydrogen-bond donors (Lipinski definition) is 0. The first-order valence-electron chi connectivity index (χ1n) is 6.62. The van der Waals surface area contributed by atoms with Crippen LogP contribution in [0.4, 0.5) is 13.2 Å². The van der Waals surface area contributed by atoms with Crippen LogP contribution < -0.4 is 4.74 Å². The Kier molecular flexibility index (Phi) is 7.61. The number of rotatable bonds is 8. The summed E-state index contributed by atoms with van der Waals surface area (Å²) in [6, 6.07) is 9.43. The molecule has 0 saturated carbocycles. The molecule has 21 heavy (non-hydrogen) atoms. The van der Waals surface area contributed by atoms with Crippen molar-refractivity contribution in [3.63, 3.8) is 0 Å². The Bertz CT molecular complexity index is 432. The molecule has 0 aliphatic rings. The number of halogens is 4. The van der Waals surface area contributed by atoms with Gasteiger partial charge in [0.05, 0.1) is 12.7 Å². The van der Waals surface area contributed by atoms with Crippen molar-refractivity contribution in [3.8, 4) is 5.75 Å². The second-order valence-corrected chi connectivity index (χ2v) is 4.92. The summed E-state index contributed by atoms with van der Waals surface area (Å²) in [6.45, 7) is 2.15. The van der Waals surface area contributed by atoms with Crippen molar-refractivity contribution in [2.75, 3.05) is 13.2 Å². The summed E-state index contributed by atoms with van der Waals surface area (Å²) in [5.41, 5.74) is 0. The van der Waals surface area contributed by atoms with E-state index in [1.165, 1.54) is 0 Å². The molecule has 1 rings (SSSR count). The number of alkyl halides is 3. The van der Waals surface area contributed by atoms with Crippen molar-refractivity contribution in [2.45, 2.75) is 32.0 Å². The van der Waals surface area contributed by atoms with Crippen molar-refractivity contribution >= 4 is 11.6 Å². The molecule has 0 radical (unpaired) electrons. The molecule has 1 aromatic rings. The zero-order chi connectivity index (χ0) is 15.7. The third-order valence-electron chi connectivity index (χ3n) is 2.63. The molecule has 0 aromatic heterocycles. The van der Waals surface area contributed by atoms with Crippen LogP contribution in [0.15, 0.2) is 41.4 Å². The van der Waals surface area contributed by atoms with E-state index in [0.29, 0.717) is 13.0 Å². The SMILES string of the molecule is CC(CCCOC/C=C(\Cl)C(F)(F)F)Oc1ccccc1. The number of hydrogen-bond acceptors (Lipinski definition) is 2. The largest absolute Gasteiger partial charge is 0.491 e. The van der Waals surface area contributed by atoms with Crippen LogP contribution in [0.5, 0.6) is 5.75 Å². The van der Waals surface area contributed by atoms with Crippen molar-refractivity contribution in [1.29, 1.82) is 0 Å². The predicted molar refractivity (Wildman–Crippen MR) is 76.6 cm³/mol. The molecule has 1 aromatic carbocycles. The molecule has 0 N–H and O–H groups in total. The summed E-state index contributed by atoms with van der Waals surface area (Å²) in [4.78, 5) is 0. The number of allylic oxidation sites excluding steroid dienone is 1. The molecule has 118 valence electrons. The molecule has 6 heteroatoms. The van der Waals surface area contributed by atoms with Crippen LogP contribution in [0.3, 0.4) is 0 Å². The Morgan fingerprint density at radius 2 is 1.95 bits per heavy atom. The zero-order valence-corrected chi connectivity index (χ0v) is 12.5. The fraction of sp³-hybridized carbons (Fsp3) is 0.467. The fourth-order valence-corrected chi connectivity index (χ4v) is 1.66. The molecule has 2 nitrogen and oxygen atoms in total. The summed E-state index contributed by atoms with van der Waals surface area (Å²) in [7, 11) is 0. The summed E-state index contributed by atoms with van der Waals surface area (Å²) in [5.74, 6) is 0.797. The lowest BCUT2D eigenvalue weighted by molar-refractivity contribution is -0.0850. The van der Waals surface area contributed by atoms with Gasteiger partial charge in [0.2, 0.25) is 0 Å². The molecular weight excluding hydrogens is 305 g/mol. The lowest BCUT2D eigenvalue weighted by atomic mass is 10.2. The summed E-state index contributed by atoms with van der Waals surface area (Å²) < 4.78 is 46.9. The molecule has 0 heterocycles. The van der Waals surface area contributed by atoms with Gasteiger partial charge in [-0.05, 0) is 38.0 Å². The van der Waals surface area contributed by atoms with Gasteiger partial charge in [0.1, 0.15) is 10.8 Å². The van der Waals surface area contributed by atoms with Gasteiger partial charge in [-0.1, -0.05) is 29.8 Å². The van der Waals surface area contributed by atoms with Gasteiger partial charge < -0.3 is 9.47 Å². The van der Waals surface area contributed by atoms with Gasteiger partial charge in [-0.15, -0.1) is 0 Å². The topological polar surface area (TPSA) is 18.5 Å². The molecule has 0 amide bonds. The Morgan fingerprint density at radius 1 is 1.29 bits per heavy atom. The van der Waals surface area contributed by atoms with Gasteiger partial charge in [0, 0.05) is 6.61 Å². The molecule has 0 aliphatic heterocycles. The van der Waals surface area contributed by atoms with E-state index in [1.807, 2.05) is 37.3 Å². The highest BCUT2D eigenvalue weighted by molar-refractivity contribution is 6.30. The van der Waals surface area contributed by atoms with Gasteiger partial charge >= 0.3 is 6.18 Å². The molecule has 1 atom stereocenters. The predicted octanol–water partition coefficient (Wildman–Crippen LogP) is 4.94. The average molecular weight is 323 g/mol. The van der Waals surface area contributed by atoms with Gasteiger partial charge in [-0.2, -0.15) is 13.2 Å². The molecule has 0 aliphatic carbocycles. The minimum atomic E-state index is -4.50. The molecule has 0 fully saturated rings. The minimum absolute atomic E-state index is 0.0188. The first kappa shape index (κ1) is 17.9. The summed E-state index contributed by atoms with van der Waals surface area (Å²) >= 11 is 5.05. The van der Waals surface area contributed by atoms with Crippen molar-refractivity contribution in [1.82, 2.24) is 0 Å². The second-order valence-electron chi connectivity index (χ2n) is 4.51. The lowest BCUT2D eigenvalue weighted by Crippen LogP contribution is -2.13. The monoisotopic (exact) mass is 322 g/mol. The Balaban J connectivity index is 2.12. The highest BCUT2D eigenvalue weighted by Gasteiger charge is 2.31. The van der Waals surface area contributed by atoms with Crippen LogP contribution >= 0.6 is 11.6 Å². The van der Waals surface area contributed by atoms with E-state index in [9.17, 15) is 13.2 Å². The van der Waals surface area contributed by atoms with Crippen molar-refractivity contribution in [3.05, 3.63) is 41.4 Å². The summed E-state index contributed by atoms with van der Waals surface area (Å²) in [5, 5.41) is -1.15. The molecule has 0 saturated heterocycles. The van der Waals surface area contributed by atoms with Gasteiger partial charge in [-0.25, -0.2) is 0 Å². The highest BCUT2D eigenvalue weighted by atomic mass is 35.5. The smallest absolute Gasteiger partial charge is 0.426 e. The maximum Gasteiger partial charge on any atom is 0.426 e. The van der Waals surface area contributed by atoms with Crippen molar-refractivity contribution in [2.24, 2.45) is 0 Å². The second kappa shape index (κ2) is 8.95. The first-order valence-corrected chi connectivity index (χ1v) is 6.99. The molecule has 1 unspecified atom stereocenters. The third kappa shape index (κ3) is 7.97. The van der Waals surface area contributed by atoms with Crippen LogP contribution in [-0.4, -0.2) is 25.5 Å². The van der Waals surface area contributed by atoms with Crippen LogP contribution in [-0.2, 0) is 4.74 Å². The fourth-order valence-electron chi connectivity index (χ4n) is 1.59. The van der Waals surface area contributed by atoms with Crippen LogP contribution in [0.1, 0.15) is 19.8 Å². The molecule has 0 spiro atoms. The van der Waals surface area contributed by atoms with E-state index in [2.05, 4.69) is 0 Å². The first-order chi connectivity index (χ1) is 9.89. The van der Waals surface area contributed by atoms with E-state index < -0.39 is 11.2 Å². The minimum Gasteiger partial charge on any atom is -0.491 e. The number of para-hydroxylation sites is 1. The van der Waals surface area contributed by atoms with Gasteiger partial charge in [0.15, 0.2) is 0 Å². The van der Waals surface area contributed by atoms with Gasteiger partial charge in [0.25, 0.3) is 0 Å². The average Bonchev–Trinajstić information content (AvgIpc) is 2.42. The summed E-state index contributed by atoms with van der Waals surface area (Å²) in [6.07, 6.45) is -2.20. The van der Waals surface area contributed by atoms with Crippen molar-refractivity contribution < 1.29 is 22.6 Å². The standard InChI is InChI=1S/C15H18ClF3O2/c1-12(21-13-7-3-2-4-8-13)6-5-10-20-11-9-14(16)15(17,18)19/h2-4,7-9,12H,5-6,10-11H2,1H3/b14-9-. The quantitative estimate of drug-likeness (QED) is 0.631. The van der Waals surface area contributed by atoms with E-state index in [0.717, 1.165) is 18.2 Å². The van der Waals surface area contributed by atoms with Crippen LogP contribution in [0, 0.1) is 0 Å². The van der Waals surface area contributed by atoms with E-state index in [1.54, 1.807) is 0 Å². The molecular formula is C15H18ClF3O2. The Morgan fingerprint density at radius 3 is 2.57 bits per heavy atom. The number of benzene rings is 1. The van der Waals surface area contributed by atoms with E-state index >= 15 is 0 Å². The Labute approximate surface area is 127 Å². The zero-order valence-electron chi connectivity index (χ0n) is 11.7. The third-order valence-corrected chi connectivity index (χ3v) is 3.00. The van der Waals surface area contributed by atoms with Crippen LogP contribution in [0.2, 0.25) is 0 Å². The highest BCUT2D eigenvalue weighted by Crippen LogP contribution is 2.28. The van der Waals surface area contributed by atoms with Crippen LogP contribution in [0.25, 0.3) is 0 Å². The Hall–Kier alpha value is -1.20. The lowest BCUT2D eigenvalue weighted by Gasteiger charge is -2.14. The van der Waals surface area contributed by atoms with E-state index in [-0.39, 0.29) is 12.7 Å². The normalized spacial score (nSPS) is 14.0. The molecule has 0 bridgehead atoms. The maximum absolute atomic E-state index is 12.1. The van der Waals surface area contributed by atoms with Gasteiger partial charge in [-0.3, -0.25) is 0 Å². The number of ether oxygens (including phenoxy) is 2. The van der Waals surface area contributed by atoms with E-state index in [4.69, 9.17) is 21.1 Å².